The van der Waals surface area contributed by atoms with Gasteiger partial charge in [0.1, 0.15) is 41.6 Å². The molecule has 1 aliphatic heterocycles. The fraction of sp³-hybridized carbons (Fsp3) is 0.475. The Morgan fingerprint density at radius 1 is 0.797 bits per heavy atom. The number of ketones is 1. The molecule has 0 bridgehead atoms. The first-order valence-electron chi connectivity index (χ1n) is 26.0. The molecule has 2 heterocycles. The fourth-order valence-corrected chi connectivity index (χ4v) is 8.90. The molecular weight excluding hydrogens is 937 g/mol. The minimum Gasteiger partial charge on any atom is -0.496 e. The molecule has 74 heavy (non-hydrogen) atoms. The quantitative estimate of drug-likeness (QED) is 0.0392. The first-order valence-corrected chi connectivity index (χ1v) is 26.0. The number of Topliss-reactive ketones (excluding diaryl/α,β-unsaturated/α-hetero) is 1. The van der Waals surface area contributed by atoms with Crippen molar-refractivity contribution in [2.45, 2.75) is 112 Å². The van der Waals surface area contributed by atoms with Crippen LogP contribution in [-0.2, 0) is 56.3 Å². The second-order valence-corrected chi connectivity index (χ2v) is 20.3. The van der Waals surface area contributed by atoms with Gasteiger partial charge in [-0.3, -0.25) is 19.4 Å². The second kappa shape index (κ2) is 28.2. The largest absolute Gasteiger partial charge is 0.496 e. The van der Waals surface area contributed by atoms with E-state index in [1.165, 1.54) is 11.1 Å². The molecule has 4 aromatic carbocycles. The SMILES string of the molecule is CCOC(=O)CN1CCN(Cc2cccc(Cc3cc(N(Cc4c(OC)cc(OCCOCc5ccc(C)cc5)cc4OC)c4cccc(CCCC(=O)[C@@H](CC(C)C)NC(=O)OC(C)(C)C)c4)ncn3)c2)CC1. The smallest absolute Gasteiger partial charge is 0.408 e. The number of alkyl carbamates (subject to hydrolysis) is 1. The van der Waals surface area contributed by atoms with Crippen molar-refractivity contribution >= 4 is 29.4 Å². The maximum atomic E-state index is 13.6. The summed E-state index contributed by atoms with van der Waals surface area (Å²) in [6.45, 7) is 19.8. The van der Waals surface area contributed by atoms with Gasteiger partial charge in [0.15, 0.2) is 5.78 Å². The van der Waals surface area contributed by atoms with E-state index >= 15 is 0 Å². The number of rotatable bonds is 27. The van der Waals surface area contributed by atoms with Gasteiger partial charge in [0.25, 0.3) is 0 Å². The van der Waals surface area contributed by atoms with Gasteiger partial charge in [0.2, 0.25) is 0 Å². The van der Waals surface area contributed by atoms with E-state index in [1.807, 2.05) is 51.1 Å². The van der Waals surface area contributed by atoms with Crippen LogP contribution in [-0.4, -0.2) is 116 Å². The maximum absolute atomic E-state index is 13.6. The molecule has 0 saturated carbocycles. The molecule has 6 rings (SSSR count). The van der Waals surface area contributed by atoms with Crippen molar-refractivity contribution < 1.29 is 42.8 Å². The third-order valence-corrected chi connectivity index (χ3v) is 12.6. The number of carbonyl (C=O) groups is 3. The number of methoxy groups -OCH3 is 2. The molecule has 398 valence electrons. The predicted octanol–water partition coefficient (Wildman–Crippen LogP) is 9.84. The highest BCUT2D eigenvalue weighted by Gasteiger charge is 2.26. The Balaban J connectivity index is 1.21. The van der Waals surface area contributed by atoms with Crippen LogP contribution in [0.5, 0.6) is 17.2 Å². The van der Waals surface area contributed by atoms with Gasteiger partial charge in [0, 0.05) is 69.5 Å². The van der Waals surface area contributed by atoms with Gasteiger partial charge in [-0.15, -0.1) is 0 Å². The Morgan fingerprint density at radius 2 is 1.49 bits per heavy atom. The summed E-state index contributed by atoms with van der Waals surface area (Å²) in [5.74, 6) is 2.45. The fourth-order valence-electron chi connectivity index (χ4n) is 8.90. The number of esters is 1. The van der Waals surface area contributed by atoms with Gasteiger partial charge < -0.3 is 38.6 Å². The molecule has 0 spiro atoms. The van der Waals surface area contributed by atoms with Crippen LogP contribution < -0.4 is 24.4 Å². The molecule has 0 unspecified atom stereocenters. The highest BCUT2D eigenvalue weighted by Crippen LogP contribution is 2.38. The third-order valence-electron chi connectivity index (χ3n) is 12.6. The molecule has 15 nitrogen and oxygen atoms in total. The number of hydrogen-bond donors (Lipinski definition) is 1. The van der Waals surface area contributed by atoms with Gasteiger partial charge in [-0.05, 0) is 94.2 Å². The van der Waals surface area contributed by atoms with Gasteiger partial charge in [-0.1, -0.05) is 80.1 Å². The average Bonchev–Trinajstić information content (AvgIpc) is 3.36. The van der Waals surface area contributed by atoms with Crippen LogP contribution in [0.15, 0.2) is 97.3 Å². The van der Waals surface area contributed by atoms with Crippen molar-refractivity contribution in [1.29, 1.82) is 0 Å². The summed E-state index contributed by atoms with van der Waals surface area (Å²) in [6.07, 6.45) is 3.66. The minimum atomic E-state index is -0.673. The summed E-state index contributed by atoms with van der Waals surface area (Å²) < 4.78 is 34.8. The van der Waals surface area contributed by atoms with Crippen LogP contribution in [0.2, 0.25) is 0 Å². The number of nitrogens with one attached hydrogen (secondary N) is 1. The molecule has 15 heteroatoms. The molecule has 1 aromatic heterocycles. The number of aryl methyl sites for hydroxylation is 2. The molecular formula is C59H78N6O9. The Kier molecular flexibility index (Phi) is 21.6. The standard InChI is InChI=1S/C59H78N6O9/c1-10-72-57(67)39-64-26-24-63(25-27-64)37-47-17-11-16-46(31-47)32-48-34-56(61-41-60-48)65(38-51-54(69-8)35-50(36-55(51)70-9)73-29-28-71-40-45-22-20-43(4)21-23-45)49-18-12-14-44(33-49)15-13-19-53(66)52(30-42(2)3)62-58(68)74-59(5,6)7/h11-12,14,16-18,20-23,31,33-36,41-42,52H,10,13,15,19,24-30,32,37-40H2,1-9H3,(H,62,68)/t52-/m1/s1. The molecule has 0 radical (unpaired) electrons. The highest BCUT2D eigenvalue weighted by molar-refractivity contribution is 5.87. The number of ether oxygens (including phenoxy) is 6. The molecule has 0 aliphatic carbocycles. The van der Waals surface area contributed by atoms with Crippen LogP contribution >= 0.6 is 0 Å². The maximum Gasteiger partial charge on any atom is 0.408 e. The van der Waals surface area contributed by atoms with Crippen molar-refractivity contribution in [2.75, 3.05) is 71.7 Å². The summed E-state index contributed by atoms with van der Waals surface area (Å²) in [4.78, 5) is 54.7. The summed E-state index contributed by atoms with van der Waals surface area (Å²) in [5.41, 5.74) is 7.54. The zero-order valence-electron chi connectivity index (χ0n) is 45.1. The number of piperazine rings is 1. The van der Waals surface area contributed by atoms with Crippen molar-refractivity contribution in [3.05, 3.63) is 136 Å². The van der Waals surface area contributed by atoms with Gasteiger partial charge in [-0.25, -0.2) is 14.8 Å². The number of nitrogens with zero attached hydrogens (tertiary/aromatic N) is 5. The van der Waals surface area contributed by atoms with E-state index in [9.17, 15) is 14.4 Å². The Labute approximate surface area is 438 Å². The average molecular weight is 1020 g/mol. The lowest BCUT2D eigenvalue weighted by Gasteiger charge is -2.34. The van der Waals surface area contributed by atoms with Crippen molar-refractivity contribution in [3.8, 4) is 17.2 Å². The third kappa shape index (κ3) is 18.4. The van der Waals surface area contributed by atoms with Crippen LogP contribution in [0, 0.1) is 12.8 Å². The summed E-state index contributed by atoms with van der Waals surface area (Å²) in [6, 6.07) is 30.3. The van der Waals surface area contributed by atoms with E-state index in [2.05, 4.69) is 87.6 Å². The Morgan fingerprint density at radius 3 is 2.18 bits per heavy atom. The van der Waals surface area contributed by atoms with E-state index in [-0.39, 0.29) is 17.7 Å². The molecule has 1 N–H and O–H groups in total. The molecule has 1 amide bonds. The van der Waals surface area contributed by atoms with Crippen LogP contribution in [0.1, 0.15) is 99.9 Å². The number of carbonyl (C=O) groups excluding carboxylic acids is 3. The Hall–Kier alpha value is -6.55. The molecule has 1 fully saturated rings. The molecule has 1 saturated heterocycles. The lowest BCUT2D eigenvalue weighted by Crippen LogP contribution is -2.47. The molecule has 1 aliphatic rings. The number of amides is 1. The Bertz CT molecular complexity index is 2550. The van der Waals surface area contributed by atoms with Crippen LogP contribution in [0.3, 0.4) is 0 Å². The van der Waals surface area contributed by atoms with Crippen LogP contribution in [0.4, 0.5) is 16.3 Å². The van der Waals surface area contributed by atoms with Crippen molar-refractivity contribution in [1.82, 2.24) is 25.1 Å². The summed E-state index contributed by atoms with van der Waals surface area (Å²) in [7, 11) is 3.27. The topological polar surface area (TPSA) is 154 Å². The number of hydrogen-bond acceptors (Lipinski definition) is 14. The predicted molar refractivity (Wildman–Crippen MR) is 288 cm³/mol. The minimum absolute atomic E-state index is 0.0200. The molecule has 5 aromatic rings. The van der Waals surface area contributed by atoms with E-state index in [0.717, 1.165) is 66.4 Å². The monoisotopic (exact) mass is 1010 g/mol. The van der Waals surface area contributed by atoms with Crippen molar-refractivity contribution in [3.63, 3.8) is 0 Å². The van der Waals surface area contributed by atoms with Crippen molar-refractivity contribution in [2.24, 2.45) is 5.92 Å². The number of aromatic nitrogens is 2. The first kappa shape index (κ1) is 56.7. The van der Waals surface area contributed by atoms with Gasteiger partial charge in [-0.2, -0.15) is 0 Å². The van der Waals surface area contributed by atoms with Gasteiger partial charge >= 0.3 is 12.1 Å². The number of anilines is 2. The normalized spacial score (nSPS) is 13.5. The lowest BCUT2D eigenvalue weighted by atomic mass is 9.96. The van der Waals surface area contributed by atoms with E-state index in [0.29, 0.717) is 94.7 Å². The number of benzene rings is 4. The zero-order chi connectivity index (χ0) is 53.0. The first-order chi connectivity index (χ1) is 35.6. The second-order valence-electron chi connectivity index (χ2n) is 20.3. The molecule has 1 atom stereocenters. The zero-order valence-corrected chi connectivity index (χ0v) is 45.1. The summed E-state index contributed by atoms with van der Waals surface area (Å²) >= 11 is 0. The highest BCUT2D eigenvalue weighted by atomic mass is 16.6. The lowest BCUT2D eigenvalue weighted by molar-refractivity contribution is -0.144. The van der Waals surface area contributed by atoms with E-state index in [1.54, 1.807) is 41.3 Å². The van der Waals surface area contributed by atoms with E-state index < -0.39 is 17.7 Å². The van der Waals surface area contributed by atoms with Crippen LogP contribution in [0.25, 0.3) is 0 Å². The van der Waals surface area contributed by atoms with Gasteiger partial charge in [0.05, 0.1) is 64.4 Å². The summed E-state index contributed by atoms with van der Waals surface area (Å²) in [5, 5.41) is 2.83. The van der Waals surface area contributed by atoms with E-state index in [4.69, 9.17) is 38.4 Å².